The highest BCUT2D eigenvalue weighted by Crippen LogP contribution is 2.07. The van der Waals surface area contributed by atoms with Crippen LogP contribution in [0.4, 0.5) is 0 Å². The van der Waals surface area contributed by atoms with Crippen LogP contribution in [0.5, 0.6) is 0 Å². The van der Waals surface area contributed by atoms with E-state index in [-0.39, 0.29) is 12.0 Å². The minimum Gasteiger partial charge on any atom is -0.462 e. The van der Waals surface area contributed by atoms with Crippen molar-refractivity contribution in [2.75, 3.05) is 53.3 Å². The van der Waals surface area contributed by atoms with Gasteiger partial charge >= 0.3 is 5.97 Å². The zero-order valence-electron chi connectivity index (χ0n) is 11.7. The van der Waals surface area contributed by atoms with Gasteiger partial charge in [0.15, 0.2) is 0 Å². The van der Waals surface area contributed by atoms with Crippen LogP contribution in [0.2, 0.25) is 0 Å². The molecule has 1 fully saturated rings. The van der Waals surface area contributed by atoms with Gasteiger partial charge in [-0.3, -0.25) is 4.79 Å². The first-order valence-electron chi connectivity index (χ1n) is 6.89. The molecule has 19 heavy (non-hydrogen) atoms. The van der Waals surface area contributed by atoms with Crippen LogP contribution in [0.15, 0.2) is 0 Å². The number of rotatable bonds is 10. The summed E-state index contributed by atoms with van der Waals surface area (Å²) < 4.78 is 20.5. The largest absolute Gasteiger partial charge is 0.462 e. The molecule has 6 heteroatoms. The van der Waals surface area contributed by atoms with E-state index in [0.717, 1.165) is 25.8 Å². The molecule has 1 rings (SSSR count). The van der Waals surface area contributed by atoms with Crippen molar-refractivity contribution in [1.82, 2.24) is 5.32 Å². The number of methoxy groups -OCH3 is 1. The fourth-order valence-corrected chi connectivity index (χ4v) is 1.82. The van der Waals surface area contributed by atoms with E-state index in [1.165, 1.54) is 0 Å². The summed E-state index contributed by atoms with van der Waals surface area (Å²) in [7, 11) is 1.63. The number of ether oxygens (including phenoxy) is 4. The summed E-state index contributed by atoms with van der Waals surface area (Å²) in [5.74, 6) is -0.167. The van der Waals surface area contributed by atoms with Gasteiger partial charge in [0, 0.05) is 7.11 Å². The number of nitrogens with one attached hydrogen (secondary N) is 1. The van der Waals surface area contributed by atoms with Crippen LogP contribution in [-0.4, -0.2) is 65.3 Å². The first-order chi connectivity index (χ1) is 9.34. The van der Waals surface area contributed by atoms with Gasteiger partial charge in [-0.2, -0.15) is 0 Å². The van der Waals surface area contributed by atoms with Crippen LogP contribution in [0.1, 0.15) is 19.3 Å². The third-order valence-corrected chi connectivity index (χ3v) is 2.87. The van der Waals surface area contributed by atoms with Gasteiger partial charge in [-0.1, -0.05) is 6.42 Å². The summed E-state index contributed by atoms with van der Waals surface area (Å²) in [5.41, 5.74) is 0. The van der Waals surface area contributed by atoms with Crippen molar-refractivity contribution in [1.29, 1.82) is 0 Å². The molecule has 0 spiro atoms. The highest BCUT2D eigenvalue weighted by molar-refractivity contribution is 5.75. The average Bonchev–Trinajstić information content (AvgIpc) is 2.46. The van der Waals surface area contributed by atoms with Gasteiger partial charge in [-0.25, -0.2) is 0 Å². The topological polar surface area (TPSA) is 66.0 Å². The van der Waals surface area contributed by atoms with E-state index in [2.05, 4.69) is 5.32 Å². The van der Waals surface area contributed by atoms with Crippen molar-refractivity contribution in [3.63, 3.8) is 0 Å². The van der Waals surface area contributed by atoms with Crippen molar-refractivity contribution in [2.45, 2.75) is 25.3 Å². The summed E-state index contributed by atoms with van der Waals surface area (Å²) in [6.45, 7) is 3.80. The lowest BCUT2D eigenvalue weighted by molar-refractivity contribution is -0.148. The van der Waals surface area contributed by atoms with Crippen molar-refractivity contribution < 1.29 is 23.7 Å². The molecule has 0 aromatic rings. The van der Waals surface area contributed by atoms with Crippen LogP contribution in [0.3, 0.4) is 0 Å². The van der Waals surface area contributed by atoms with E-state index in [1.807, 2.05) is 0 Å². The van der Waals surface area contributed by atoms with E-state index in [1.54, 1.807) is 7.11 Å². The zero-order valence-corrected chi connectivity index (χ0v) is 11.7. The average molecular weight is 275 g/mol. The third-order valence-electron chi connectivity index (χ3n) is 2.87. The van der Waals surface area contributed by atoms with Gasteiger partial charge in [0.25, 0.3) is 0 Å². The molecule has 0 radical (unpaired) electrons. The maximum Gasteiger partial charge on any atom is 0.323 e. The highest BCUT2D eigenvalue weighted by Gasteiger charge is 2.21. The maximum atomic E-state index is 11.6. The molecule has 1 heterocycles. The molecule has 0 bridgehead atoms. The van der Waals surface area contributed by atoms with Crippen molar-refractivity contribution in [2.24, 2.45) is 0 Å². The van der Waals surface area contributed by atoms with Gasteiger partial charge < -0.3 is 24.3 Å². The number of carbonyl (C=O) groups excluding carboxylic acids is 1. The molecule has 1 atom stereocenters. The van der Waals surface area contributed by atoms with E-state index in [9.17, 15) is 4.79 Å². The zero-order chi connectivity index (χ0) is 13.8. The van der Waals surface area contributed by atoms with Crippen molar-refractivity contribution in [3.8, 4) is 0 Å². The Labute approximate surface area is 114 Å². The van der Waals surface area contributed by atoms with Gasteiger partial charge in [0.1, 0.15) is 12.6 Å². The molecule has 1 aliphatic rings. The minimum absolute atomic E-state index is 0.133. The Kier molecular flexibility index (Phi) is 9.61. The standard InChI is InChI=1S/C13H25NO5/c1-16-6-7-17-8-9-18-10-11-19-13(15)12-4-2-3-5-14-12/h12,14H,2-11H2,1H3/t12-/m0/s1. The maximum absolute atomic E-state index is 11.6. The van der Waals surface area contributed by atoms with E-state index >= 15 is 0 Å². The normalized spacial score (nSPS) is 19.3. The Morgan fingerprint density at radius 2 is 1.74 bits per heavy atom. The Bertz CT molecular complexity index is 231. The second kappa shape index (κ2) is 11.2. The van der Waals surface area contributed by atoms with E-state index in [4.69, 9.17) is 18.9 Å². The quantitative estimate of drug-likeness (QED) is 0.458. The molecule has 1 N–H and O–H groups in total. The molecule has 112 valence electrons. The lowest BCUT2D eigenvalue weighted by atomic mass is 10.1. The predicted molar refractivity (Wildman–Crippen MR) is 70.1 cm³/mol. The minimum atomic E-state index is -0.167. The summed E-state index contributed by atoms with van der Waals surface area (Å²) in [4.78, 5) is 11.6. The van der Waals surface area contributed by atoms with Crippen LogP contribution < -0.4 is 5.32 Å². The second-order valence-electron chi connectivity index (χ2n) is 4.39. The number of piperidine rings is 1. The summed E-state index contributed by atoms with van der Waals surface area (Å²) >= 11 is 0. The number of carbonyl (C=O) groups is 1. The van der Waals surface area contributed by atoms with Gasteiger partial charge in [-0.15, -0.1) is 0 Å². The summed E-state index contributed by atoms with van der Waals surface area (Å²) in [6.07, 6.45) is 3.09. The Morgan fingerprint density at radius 3 is 2.37 bits per heavy atom. The van der Waals surface area contributed by atoms with Crippen molar-refractivity contribution >= 4 is 5.97 Å². The molecule has 6 nitrogen and oxygen atoms in total. The first-order valence-corrected chi connectivity index (χ1v) is 6.89. The van der Waals surface area contributed by atoms with Gasteiger partial charge in [-0.05, 0) is 19.4 Å². The molecule has 0 unspecified atom stereocenters. The molecule has 0 saturated carbocycles. The molecule has 0 aromatic carbocycles. The summed E-state index contributed by atoms with van der Waals surface area (Å²) in [5, 5.41) is 3.15. The van der Waals surface area contributed by atoms with Crippen LogP contribution >= 0.6 is 0 Å². The van der Waals surface area contributed by atoms with Crippen molar-refractivity contribution in [3.05, 3.63) is 0 Å². The molecule has 0 aliphatic carbocycles. The molecular weight excluding hydrogens is 250 g/mol. The van der Waals surface area contributed by atoms with Gasteiger partial charge in [0.05, 0.1) is 33.0 Å². The molecule has 1 saturated heterocycles. The molecule has 0 aromatic heterocycles. The lowest BCUT2D eigenvalue weighted by Gasteiger charge is -2.21. The number of esters is 1. The fraction of sp³-hybridized carbons (Fsp3) is 0.923. The second-order valence-corrected chi connectivity index (χ2v) is 4.39. The Morgan fingerprint density at radius 1 is 1.05 bits per heavy atom. The van der Waals surface area contributed by atoms with E-state index < -0.39 is 0 Å². The summed E-state index contributed by atoms with van der Waals surface area (Å²) in [6, 6.07) is -0.133. The number of hydrogen-bond acceptors (Lipinski definition) is 6. The van der Waals surface area contributed by atoms with Crippen LogP contribution in [0.25, 0.3) is 0 Å². The lowest BCUT2D eigenvalue weighted by Crippen LogP contribution is -2.41. The molecular formula is C13H25NO5. The van der Waals surface area contributed by atoms with Gasteiger partial charge in [0.2, 0.25) is 0 Å². The molecule has 0 amide bonds. The van der Waals surface area contributed by atoms with Crippen LogP contribution in [0, 0.1) is 0 Å². The Balaban J connectivity index is 1.86. The monoisotopic (exact) mass is 275 g/mol. The SMILES string of the molecule is COCCOCCOCCOC(=O)[C@@H]1CCCCN1. The smallest absolute Gasteiger partial charge is 0.323 e. The van der Waals surface area contributed by atoms with Crippen LogP contribution in [-0.2, 0) is 23.7 Å². The number of hydrogen-bond donors (Lipinski definition) is 1. The molecule has 1 aliphatic heterocycles. The highest BCUT2D eigenvalue weighted by atomic mass is 16.6. The fourth-order valence-electron chi connectivity index (χ4n) is 1.82. The predicted octanol–water partition coefficient (Wildman–Crippen LogP) is 0.351. The first kappa shape index (κ1) is 16.4. The third kappa shape index (κ3) is 8.15. The van der Waals surface area contributed by atoms with E-state index in [0.29, 0.717) is 39.6 Å². The Hall–Kier alpha value is -0.690.